The average molecular weight is 510 g/mol. The lowest BCUT2D eigenvalue weighted by Gasteiger charge is -2.42. The number of benzene rings is 1. The van der Waals surface area contributed by atoms with Crippen LogP contribution >= 0.6 is 0 Å². The van der Waals surface area contributed by atoms with E-state index in [1.165, 1.54) is 6.33 Å². The molecule has 3 aliphatic rings. The topological polar surface area (TPSA) is 89.8 Å². The first-order chi connectivity index (χ1) is 18.1. The van der Waals surface area contributed by atoms with Crippen molar-refractivity contribution in [2.24, 2.45) is 5.41 Å². The van der Waals surface area contributed by atoms with E-state index in [0.717, 1.165) is 83.4 Å². The first-order valence-corrected chi connectivity index (χ1v) is 13.8. The number of aryl methyl sites for hydroxylation is 1. The summed E-state index contributed by atoms with van der Waals surface area (Å²) >= 11 is 0. The molecule has 37 heavy (non-hydrogen) atoms. The molecule has 2 fully saturated rings. The summed E-state index contributed by atoms with van der Waals surface area (Å²) in [5.74, 6) is 1.03. The number of nitrogens with zero attached hydrogens (tertiary/aromatic N) is 5. The van der Waals surface area contributed by atoms with Gasteiger partial charge in [-0.25, -0.2) is 4.98 Å². The lowest BCUT2D eigenvalue weighted by molar-refractivity contribution is -0.134. The Bertz CT molecular complexity index is 1030. The summed E-state index contributed by atoms with van der Waals surface area (Å²) in [6, 6.07) is 7.79. The minimum atomic E-state index is 0.0255. The zero-order chi connectivity index (χ0) is 25.5. The third kappa shape index (κ3) is 6.50. The summed E-state index contributed by atoms with van der Waals surface area (Å²) in [4.78, 5) is 34.0. The summed E-state index contributed by atoms with van der Waals surface area (Å²) in [5.41, 5.74) is 0.706. The molecule has 2 saturated heterocycles. The summed E-state index contributed by atoms with van der Waals surface area (Å²) in [6.07, 6.45) is 11.5. The minimum absolute atomic E-state index is 0.0255. The van der Waals surface area contributed by atoms with Crippen molar-refractivity contribution in [3.8, 4) is 5.75 Å². The quantitative estimate of drug-likeness (QED) is 0.626. The van der Waals surface area contributed by atoms with E-state index in [-0.39, 0.29) is 23.3 Å². The van der Waals surface area contributed by atoms with Gasteiger partial charge in [0.15, 0.2) is 0 Å². The molecule has 9 heteroatoms. The van der Waals surface area contributed by atoms with Crippen molar-refractivity contribution in [1.29, 1.82) is 0 Å². The zero-order valence-corrected chi connectivity index (χ0v) is 21.7. The Morgan fingerprint density at radius 2 is 2.00 bits per heavy atom. The van der Waals surface area contributed by atoms with E-state index in [2.05, 4.69) is 10.1 Å². The highest BCUT2D eigenvalue weighted by molar-refractivity contribution is 5.95. The van der Waals surface area contributed by atoms with Crippen LogP contribution in [0.2, 0.25) is 0 Å². The number of ether oxygens (including phenoxy) is 2. The fraction of sp³-hybridized carbons (Fsp3) is 0.643. The van der Waals surface area contributed by atoms with Crippen LogP contribution in [0.1, 0.15) is 68.1 Å². The molecule has 0 aliphatic carbocycles. The molecule has 1 aromatic heterocycles. The van der Waals surface area contributed by atoms with Gasteiger partial charge in [0.05, 0.1) is 19.3 Å². The molecule has 1 atom stereocenters. The third-order valence-electron chi connectivity index (χ3n) is 8.24. The van der Waals surface area contributed by atoms with E-state index < -0.39 is 0 Å². The van der Waals surface area contributed by atoms with Crippen LogP contribution in [0, 0.1) is 5.41 Å². The highest BCUT2D eigenvalue weighted by Crippen LogP contribution is 2.38. The molecular formula is C28H39N5O4. The molecule has 1 spiro atoms. The predicted molar refractivity (Wildman–Crippen MR) is 138 cm³/mol. The Balaban J connectivity index is 1.20. The van der Waals surface area contributed by atoms with Gasteiger partial charge in [0.1, 0.15) is 18.4 Å². The van der Waals surface area contributed by atoms with Crippen LogP contribution in [-0.4, -0.2) is 81.9 Å². The van der Waals surface area contributed by atoms with Gasteiger partial charge in [-0.1, -0.05) is 12.5 Å². The summed E-state index contributed by atoms with van der Waals surface area (Å²) < 4.78 is 14.2. The van der Waals surface area contributed by atoms with Gasteiger partial charge in [-0.15, -0.1) is 0 Å². The molecule has 5 rings (SSSR count). The van der Waals surface area contributed by atoms with Crippen LogP contribution in [0.3, 0.4) is 0 Å². The highest BCUT2D eigenvalue weighted by atomic mass is 16.5. The van der Waals surface area contributed by atoms with E-state index in [0.29, 0.717) is 31.7 Å². The van der Waals surface area contributed by atoms with Gasteiger partial charge in [-0.3, -0.25) is 14.3 Å². The van der Waals surface area contributed by atoms with Crippen LogP contribution < -0.4 is 4.74 Å². The molecule has 2 amide bonds. The largest absolute Gasteiger partial charge is 0.493 e. The van der Waals surface area contributed by atoms with Crippen molar-refractivity contribution in [3.05, 3.63) is 42.5 Å². The molecule has 0 radical (unpaired) electrons. The number of aromatic nitrogens is 3. The minimum Gasteiger partial charge on any atom is -0.493 e. The SMILES string of the molecule is O=C(CCCn1cncn1)N1CCC2(CCCCOC[C@@H]3CCCN3C(=O)c3cccc(c3)OC2)CC1. The van der Waals surface area contributed by atoms with Crippen molar-refractivity contribution in [2.75, 3.05) is 39.5 Å². The van der Waals surface area contributed by atoms with E-state index in [9.17, 15) is 9.59 Å². The predicted octanol–water partition coefficient (Wildman–Crippen LogP) is 3.55. The van der Waals surface area contributed by atoms with Gasteiger partial charge < -0.3 is 19.3 Å². The lowest BCUT2D eigenvalue weighted by Crippen LogP contribution is -2.45. The van der Waals surface area contributed by atoms with Crippen molar-refractivity contribution < 1.29 is 19.1 Å². The maximum absolute atomic E-state index is 13.2. The van der Waals surface area contributed by atoms with Crippen molar-refractivity contribution >= 4 is 11.8 Å². The maximum Gasteiger partial charge on any atom is 0.254 e. The van der Waals surface area contributed by atoms with Crippen LogP contribution in [0.4, 0.5) is 0 Å². The van der Waals surface area contributed by atoms with Gasteiger partial charge in [0.25, 0.3) is 5.91 Å². The number of rotatable bonds is 4. The van der Waals surface area contributed by atoms with E-state index in [4.69, 9.17) is 9.47 Å². The van der Waals surface area contributed by atoms with Gasteiger partial charge in [0, 0.05) is 50.2 Å². The second kappa shape index (κ2) is 12.1. The highest BCUT2D eigenvalue weighted by Gasteiger charge is 2.36. The molecule has 4 heterocycles. The molecule has 1 aromatic carbocycles. The average Bonchev–Trinajstić information content (AvgIpc) is 3.62. The van der Waals surface area contributed by atoms with E-state index >= 15 is 0 Å². The molecule has 0 unspecified atom stereocenters. The van der Waals surface area contributed by atoms with Crippen LogP contribution in [0.5, 0.6) is 5.75 Å². The number of amides is 2. The molecular weight excluding hydrogens is 470 g/mol. The van der Waals surface area contributed by atoms with Crippen LogP contribution in [0.25, 0.3) is 0 Å². The summed E-state index contributed by atoms with van der Waals surface area (Å²) in [7, 11) is 0. The first kappa shape index (κ1) is 25.7. The maximum atomic E-state index is 13.2. The monoisotopic (exact) mass is 509 g/mol. The Kier molecular flexibility index (Phi) is 8.38. The van der Waals surface area contributed by atoms with Crippen molar-refractivity contribution in [2.45, 2.75) is 70.4 Å². The van der Waals surface area contributed by atoms with Crippen LogP contribution in [-0.2, 0) is 16.1 Å². The molecule has 0 N–H and O–H groups in total. The van der Waals surface area contributed by atoms with Crippen LogP contribution in [0.15, 0.2) is 36.9 Å². The Hall–Kier alpha value is -2.94. The smallest absolute Gasteiger partial charge is 0.254 e. The molecule has 2 aromatic rings. The number of hydrogen-bond donors (Lipinski definition) is 0. The fourth-order valence-corrected chi connectivity index (χ4v) is 5.92. The number of carbonyl (C=O) groups excluding carboxylic acids is 2. The number of hydrogen-bond acceptors (Lipinski definition) is 6. The number of carbonyl (C=O) groups is 2. The molecule has 0 saturated carbocycles. The molecule has 200 valence electrons. The molecule has 2 bridgehead atoms. The van der Waals surface area contributed by atoms with Gasteiger partial charge in [0.2, 0.25) is 5.91 Å². The second-order valence-electron chi connectivity index (χ2n) is 10.8. The lowest BCUT2D eigenvalue weighted by atomic mass is 9.75. The van der Waals surface area contributed by atoms with Gasteiger partial charge >= 0.3 is 0 Å². The van der Waals surface area contributed by atoms with Crippen molar-refractivity contribution in [3.63, 3.8) is 0 Å². The zero-order valence-electron chi connectivity index (χ0n) is 21.7. The summed E-state index contributed by atoms with van der Waals surface area (Å²) in [6.45, 7) is 4.96. The van der Waals surface area contributed by atoms with Gasteiger partial charge in [-0.05, 0) is 63.1 Å². The van der Waals surface area contributed by atoms with E-state index in [1.54, 1.807) is 11.0 Å². The molecule has 3 aliphatic heterocycles. The Morgan fingerprint density at radius 1 is 1.11 bits per heavy atom. The fourth-order valence-electron chi connectivity index (χ4n) is 5.92. The summed E-state index contributed by atoms with van der Waals surface area (Å²) in [5, 5.41) is 4.11. The van der Waals surface area contributed by atoms with Gasteiger partial charge in [-0.2, -0.15) is 5.10 Å². The molecule has 9 nitrogen and oxygen atoms in total. The Labute approximate surface area is 219 Å². The second-order valence-corrected chi connectivity index (χ2v) is 10.8. The normalized spacial score (nSPS) is 22.7. The third-order valence-corrected chi connectivity index (χ3v) is 8.24. The Morgan fingerprint density at radius 3 is 2.84 bits per heavy atom. The standard InChI is InChI=1S/C28H39N5O4/c34-26(9-5-13-32-22-29-21-30-32)31-15-11-28(12-16-31)10-1-2-17-36-19-24-7-4-14-33(24)27(35)23-6-3-8-25(18-23)37-20-28/h3,6,8,18,21-22,24H,1-2,4-5,7,9-17,19-20H2/t24-/m0/s1. The van der Waals surface area contributed by atoms with Crippen molar-refractivity contribution in [1.82, 2.24) is 24.6 Å². The number of likely N-dealkylation sites (tertiary alicyclic amines) is 1. The number of piperidine rings is 1. The number of fused-ring (bicyclic) bond motifs is 3. The first-order valence-electron chi connectivity index (χ1n) is 13.8. The van der Waals surface area contributed by atoms with E-state index in [1.807, 2.05) is 34.1 Å².